The van der Waals surface area contributed by atoms with Gasteiger partial charge >= 0.3 is 0 Å². The van der Waals surface area contributed by atoms with Gasteiger partial charge in [-0.15, -0.1) is 0 Å². The Hall–Kier alpha value is -3.36. The van der Waals surface area contributed by atoms with Crippen molar-refractivity contribution >= 4 is 21.6 Å². The third kappa shape index (κ3) is 6.09. The van der Waals surface area contributed by atoms with Crippen molar-refractivity contribution in [2.75, 3.05) is 25.6 Å². The quantitative estimate of drug-likeness (QED) is 0.502. The maximum atomic E-state index is 13.3. The van der Waals surface area contributed by atoms with Crippen molar-refractivity contribution in [1.82, 2.24) is 4.31 Å². The second-order valence-corrected chi connectivity index (χ2v) is 8.88. The van der Waals surface area contributed by atoms with Crippen molar-refractivity contribution in [3.63, 3.8) is 0 Å². The van der Waals surface area contributed by atoms with Crippen LogP contribution in [0.3, 0.4) is 0 Å². The van der Waals surface area contributed by atoms with Crippen LogP contribution in [-0.2, 0) is 21.4 Å². The molecule has 0 heterocycles. The van der Waals surface area contributed by atoms with Crippen molar-refractivity contribution in [3.8, 4) is 11.5 Å². The van der Waals surface area contributed by atoms with Gasteiger partial charge in [0.15, 0.2) is 0 Å². The first kappa shape index (κ1) is 23.3. The first-order chi connectivity index (χ1) is 15.4. The van der Waals surface area contributed by atoms with E-state index < -0.39 is 15.9 Å². The summed E-state index contributed by atoms with van der Waals surface area (Å²) in [5.41, 5.74) is 1.33. The molecule has 8 heteroatoms. The Morgan fingerprint density at radius 1 is 0.906 bits per heavy atom. The van der Waals surface area contributed by atoms with Gasteiger partial charge in [-0.25, -0.2) is 8.42 Å². The van der Waals surface area contributed by atoms with Gasteiger partial charge in [-0.2, -0.15) is 4.31 Å². The summed E-state index contributed by atoms with van der Waals surface area (Å²) in [5.74, 6) is 0.798. The third-order valence-electron chi connectivity index (χ3n) is 4.67. The number of benzene rings is 3. The fourth-order valence-electron chi connectivity index (χ4n) is 3.07. The van der Waals surface area contributed by atoms with Crippen LogP contribution in [0.4, 0.5) is 5.69 Å². The van der Waals surface area contributed by atoms with E-state index in [1.807, 2.05) is 37.3 Å². The summed E-state index contributed by atoms with van der Waals surface area (Å²) in [6.45, 7) is 2.16. The van der Waals surface area contributed by atoms with Gasteiger partial charge in [0.05, 0.1) is 25.2 Å². The van der Waals surface area contributed by atoms with Gasteiger partial charge in [-0.3, -0.25) is 4.79 Å². The summed E-state index contributed by atoms with van der Waals surface area (Å²) >= 11 is 0. The minimum Gasteiger partial charge on any atom is -0.497 e. The first-order valence-electron chi connectivity index (χ1n) is 10.1. The molecule has 0 radical (unpaired) electrons. The van der Waals surface area contributed by atoms with Crippen LogP contribution in [0.2, 0.25) is 0 Å². The largest absolute Gasteiger partial charge is 0.497 e. The number of sulfonamides is 1. The lowest BCUT2D eigenvalue weighted by Crippen LogP contribution is -2.37. The van der Waals surface area contributed by atoms with Crippen molar-refractivity contribution < 1.29 is 22.7 Å². The molecule has 0 unspecified atom stereocenters. The molecule has 1 amide bonds. The summed E-state index contributed by atoms with van der Waals surface area (Å²) in [4.78, 5) is 12.8. The van der Waals surface area contributed by atoms with Gasteiger partial charge < -0.3 is 14.8 Å². The Bertz CT molecular complexity index is 1120. The van der Waals surface area contributed by atoms with E-state index in [1.165, 1.54) is 19.2 Å². The fraction of sp³-hybridized carbons (Fsp3) is 0.208. The summed E-state index contributed by atoms with van der Waals surface area (Å²) in [7, 11) is -2.42. The Balaban J connectivity index is 1.80. The minimum atomic E-state index is -3.93. The highest BCUT2D eigenvalue weighted by Crippen LogP contribution is 2.22. The van der Waals surface area contributed by atoms with E-state index in [0.717, 1.165) is 9.87 Å². The lowest BCUT2D eigenvalue weighted by Gasteiger charge is -2.22. The molecule has 0 saturated carbocycles. The van der Waals surface area contributed by atoms with Gasteiger partial charge in [0.2, 0.25) is 15.9 Å². The zero-order valence-corrected chi connectivity index (χ0v) is 18.8. The van der Waals surface area contributed by atoms with Crippen LogP contribution in [0.5, 0.6) is 11.5 Å². The SMILES string of the molecule is CCOc1ccc(NC(=O)CN(Cc2ccccc2)S(=O)(=O)c2ccc(OC)cc2)cc1. The van der Waals surface area contributed by atoms with Gasteiger partial charge in [0, 0.05) is 12.2 Å². The van der Waals surface area contributed by atoms with E-state index in [-0.39, 0.29) is 18.0 Å². The molecule has 7 nitrogen and oxygen atoms in total. The van der Waals surface area contributed by atoms with E-state index >= 15 is 0 Å². The van der Waals surface area contributed by atoms with Crippen LogP contribution in [0.15, 0.2) is 83.8 Å². The Labute approximate surface area is 188 Å². The molecule has 3 aromatic rings. The molecule has 32 heavy (non-hydrogen) atoms. The lowest BCUT2D eigenvalue weighted by molar-refractivity contribution is -0.116. The van der Waals surface area contributed by atoms with Crippen molar-refractivity contribution in [2.45, 2.75) is 18.4 Å². The van der Waals surface area contributed by atoms with Gasteiger partial charge in [0.1, 0.15) is 11.5 Å². The molecule has 0 bridgehead atoms. The van der Waals surface area contributed by atoms with E-state index in [1.54, 1.807) is 36.4 Å². The molecular formula is C24H26N2O5S. The fourth-order valence-corrected chi connectivity index (χ4v) is 4.46. The summed E-state index contributed by atoms with van der Waals surface area (Å²) in [6, 6.07) is 22.1. The molecule has 0 saturated heterocycles. The first-order valence-corrected chi connectivity index (χ1v) is 11.6. The number of amides is 1. The molecule has 0 aliphatic heterocycles. The standard InChI is InChI=1S/C24H26N2O5S/c1-3-31-22-11-9-20(10-12-22)25-24(27)18-26(17-19-7-5-4-6-8-19)32(28,29)23-15-13-21(30-2)14-16-23/h4-16H,3,17-18H2,1-2H3,(H,25,27). The van der Waals surface area contributed by atoms with Crippen LogP contribution in [0.25, 0.3) is 0 Å². The predicted molar refractivity (Wildman–Crippen MR) is 123 cm³/mol. The topological polar surface area (TPSA) is 84.9 Å². The van der Waals surface area contributed by atoms with E-state index in [2.05, 4.69) is 5.32 Å². The summed E-state index contributed by atoms with van der Waals surface area (Å²) in [5, 5.41) is 2.75. The minimum absolute atomic E-state index is 0.0614. The monoisotopic (exact) mass is 454 g/mol. The van der Waals surface area contributed by atoms with Crippen molar-refractivity contribution in [1.29, 1.82) is 0 Å². The molecule has 0 atom stereocenters. The number of hydrogen-bond acceptors (Lipinski definition) is 5. The molecule has 0 aliphatic rings. The van der Waals surface area contributed by atoms with E-state index in [4.69, 9.17) is 9.47 Å². The molecule has 3 rings (SSSR count). The van der Waals surface area contributed by atoms with Gasteiger partial charge in [-0.05, 0) is 61.0 Å². The number of ether oxygens (including phenoxy) is 2. The molecular weight excluding hydrogens is 428 g/mol. The second kappa shape index (κ2) is 10.8. The zero-order chi connectivity index (χ0) is 23.0. The maximum absolute atomic E-state index is 13.3. The average molecular weight is 455 g/mol. The Morgan fingerprint density at radius 2 is 1.53 bits per heavy atom. The number of carbonyl (C=O) groups is 1. The van der Waals surface area contributed by atoms with Crippen molar-refractivity contribution in [2.24, 2.45) is 0 Å². The number of nitrogens with zero attached hydrogens (tertiary/aromatic N) is 1. The van der Waals surface area contributed by atoms with Crippen LogP contribution in [-0.4, -0.2) is 38.9 Å². The molecule has 168 valence electrons. The average Bonchev–Trinajstić information content (AvgIpc) is 2.81. The van der Waals surface area contributed by atoms with Gasteiger partial charge in [-0.1, -0.05) is 30.3 Å². The van der Waals surface area contributed by atoms with Crippen LogP contribution in [0, 0.1) is 0 Å². The van der Waals surface area contributed by atoms with Crippen LogP contribution < -0.4 is 14.8 Å². The number of anilines is 1. The second-order valence-electron chi connectivity index (χ2n) is 6.94. The molecule has 0 fully saturated rings. The number of rotatable bonds is 10. The highest BCUT2D eigenvalue weighted by molar-refractivity contribution is 7.89. The smallest absolute Gasteiger partial charge is 0.243 e. The zero-order valence-electron chi connectivity index (χ0n) is 18.0. The summed E-state index contributed by atoms with van der Waals surface area (Å²) < 4.78 is 38.3. The highest BCUT2D eigenvalue weighted by atomic mass is 32.2. The number of carbonyl (C=O) groups excluding carboxylic acids is 1. The normalized spacial score (nSPS) is 11.2. The molecule has 1 N–H and O–H groups in total. The Kier molecular flexibility index (Phi) is 7.86. The summed E-state index contributed by atoms with van der Waals surface area (Å²) in [6.07, 6.45) is 0. The molecule has 0 aromatic heterocycles. The lowest BCUT2D eigenvalue weighted by atomic mass is 10.2. The number of nitrogens with one attached hydrogen (secondary N) is 1. The predicted octanol–water partition coefficient (Wildman–Crippen LogP) is 3.92. The van der Waals surface area contributed by atoms with Crippen LogP contribution in [0.1, 0.15) is 12.5 Å². The van der Waals surface area contributed by atoms with E-state index in [9.17, 15) is 13.2 Å². The number of methoxy groups -OCH3 is 1. The Morgan fingerprint density at radius 3 is 2.12 bits per heavy atom. The van der Waals surface area contributed by atoms with Crippen molar-refractivity contribution in [3.05, 3.63) is 84.4 Å². The molecule has 3 aromatic carbocycles. The van der Waals surface area contributed by atoms with Gasteiger partial charge in [0.25, 0.3) is 0 Å². The number of hydrogen-bond donors (Lipinski definition) is 1. The third-order valence-corrected chi connectivity index (χ3v) is 6.47. The highest BCUT2D eigenvalue weighted by Gasteiger charge is 2.27. The molecule has 0 aliphatic carbocycles. The maximum Gasteiger partial charge on any atom is 0.243 e. The van der Waals surface area contributed by atoms with Crippen LogP contribution >= 0.6 is 0 Å². The molecule has 0 spiro atoms. The van der Waals surface area contributed by atoms with E-state index in [0.29, 0.717) is 23.8 Å².